The minimum absolute atomic E-state index is 0.0304. The van der Waals surface area contributed by atoms with Gasteiger partial charge in [-0.15, -0.1) is 0 Å². The maximum absolute atomic E-state index is 13.1. The maximum Gasteiger partial charge on any atom is 0.276 e. The third kappa shape index (κ3) is 2.78. The van der Waals surface area contributed by atoms with Crippen LogP contribution in [0.3, 0.4) is 0 Å². The first kappa shape index (κ1) is 16.7. The molecule has 1 aromatic carbocycles. The van der Waals surface area contributed by atoms with Gasteiger partial charge in [-0.2, -0.15) is 0 Å². The first-order chi connectivity index (χ1) is 12.8. The molecule has 0 unspecified atom stereocenters. The van der Waals surface area contributed by atoms with Gasteiger partial charge in [0.1, 0.15) is 0 Å². The first-order valence-corrected chi connectivity index (χ1v) is 9.50. The van der Waals surface area contributed by atoms with Gasteiger partial charge in [-0.3, -0.25) is 4.79 Å². The minimum Gasteiger partial charge on any atom is -0.454 e. The van der Waals surface area contributed by atoms with Crippen molar-refractivity contribution in [1.82, 2.24) is 10.1 Å². The number of carbonyl (C=O) groups is 1. The normalized spacial score (nSPS) is 27.8. The van der Waals surface area contributed by atoms with Gasteiger partial charge in [0.2, 0.25) is 6.79 Å². The van der Waals surface area contributed by atoms with Crippen molar-refractivity contribution in [3.8, 4) is 22.8 Å². The molecule has 2 atom stereocenters. The van der Waals surface area contributed by atoms with Crippen LogP contribution in [0.2, 0.25) is 0 Å². The molecule has 1 aromatic heterocycles. The maximum atomic E-state index is 13.1. The van der Waals surface area contributed by atoms with Crippen molar-refractivity contribution >= 4 is 5.91 Å². The lowest BCUT2D eigenvalue weighted by Crippen LogP contribution is -2.37. The number of hydrogen-bond acceptors (Lipinski definition) is 5. The summed E-state index contributed by atoms with van der Waals surface area (Å²) in [6.45, 7) is 7.93. The van der Waals surface area contributed by atoms with Crippen molar-refractivity contribution in [2.45, 2.75) is 46.1 Å². The van der Waals surface area contributed by atoms with Crippen molar-refractivity contribution in [2.24, 2.45) is 10.8 Å². The first-order valence-electron chi connectivity index (χ1n) is 9.50. The highest BCUT2D eigenvalue weighted by atomic mass is 16.7. The number of hydrogen-bond donors (Lipinski definition) is 0. The Bertz CT molecular complexity index is 919. The zero-order valence-electron chi connectivity index (χ0n) is 15.9. The van der Waals surface area contributed by atoms with Gasteiger partial charge >= 0.3 is 0 Å². The molecule has 1 aliphatic carbocycles. The van der Waals surface area contributed by atoms with E-state index < -0.39 is 0 Å². The smallest absolute Gasteiger partial charge is 0.276 e. The molecule has 27 heavy (non-hydrogen) atoms. The van der Waals surface area contributed by atoms with Crippen LogP contribution in [0.5, 0.6) is 11.5 Å². The molecule has 0 N–H and O–H groups in total. The molecule has 0 radical (unpaired) electrons. The van der Waals surface area contributed by atoms with E-state index >= 15 is 0 Å². The Kier molecular flexibility index (Phi) is 3.39. The molecule has 3 heterocycles. The summed E-state index contributed by atoms with van der Waals surface area (Å²) in [5.74, 6) is 1.93. The Hall–Kier alpha value is -2.50. The van der Waals surface area contributed by atoms with Gasteiger partial charge in [0.15, 0.2) is 23.0 Å². The summed E-state index contributed by atoms with van der Waals surface area (Å²) in [5, 5.41) is 4.07. The van der Waals surface area contributed by atoms with Crippen molar-refractivity contribution in [2.75, 3.05) is 13.3 Å². The van der Waals surface area contributed by atoms with Gasteiger partial charge in [0.05, 0.1) is 0 Å². The lowest BCUT2D eigenvalue weighted by molar-refractivity contribution is 0.0698. The Balaban J connectivity index is 1.39. The SMILES string of the molecule is CC1(C)C[C@@H]2C[C@](C)(CN2C(=O)c2cc(-c3ccc4c(c3)OCO4)on2)C1. The summed E-state index contributed by atoms with van der Waals surface area (Å²) < 4.78 is 16.2. The molecule has 2 aliphatic heterocycles. The third-order valence-corrected chi connectivity index (χ3v) is 6.06. The summed E-state index contributed by atoms with van der Waals surface area (Å²) in [7, 11) is 0. The monoisotopic (exact) mass is 368 g/mol. The highest BCUT2D eigenvalue weighted by Gasteiger charge is 2.51. The summed E-state index contributed by atoms with van der Waals surface area (Å²) in [5.41, 5.74) is 1.66. The fourth-order valence-corrected chi connectivity index (χ4v) is 5.41. The highest BCUT2D eigenvalue weighted by Crippen LogP contribution is 2.52. The molecule has 1 amide bonds. The van der Waals surface area contributed by atoms with Crippen LogP contribution in [0.1, 0.15) is 50.5 Å². The van der Waals surface area contributed by atoms with E-state index in [1.807, 2.05) is 23.1 Å². The van der Waals surface area contributed by atoms with Crippen LogP contribution < -0.4 is 9.47 Å². The van der Waals surface area contributed by atoms with E-state index in [0.717, 1.165) is 37.1 Å². The number of benzene rings is 1. The van der Waals surface area contributed by atoms with Gasteiger partial charge in [0.25, 0.3) is 5.91 Å². The van der Waals surface area contributed by atoms with Gasteiger partial charge < -0.3 is 18.9 Å². The average molecular weight is 368 g/mol. The number of likely N-dealkylation sites (tertiary alicyclic amines) is 1. The molecule has 1 saturated heterocycles. The molecule has 1 saturated carbocycles. The van der Waals surface area contributed by atoms with Crippen LogP contribution in [-0.4, -0.2) is 35.3 Å². The van der Waals surface area contributed by atoms with E-state index in [1.165, 1.54) is 0 Å². The number of aromatic nitrogens is 1. The zero-order valence-corrected chi connectivity index (χ0v) is 15.9. The molecule has 2 aromatic rings. The predicted molar refractivity (Wildman–Crippen MR) is 98.6 cm³/mol. The van der Waals surface area contributed by atoms with E-state index in [-0.39, 0.29) is 29.6 Å². The van der Waals surface area contributed by atoms with Gasteiger partial charge in [-0.25, -0.2) is 0 Å². The van der Waals surface area contributed by atoms with Crippen LogP contribution in [0, 0.1) is 10.8 Å². The molecule has 3 aliphatic rings. The molecule has 6 nitrogen and oxygen atoms in total. The summed E-state index contributed by atoms with van der Waals surface area (Å²) in [4.78, 5) is 15.1. The second-order valence-corrected chi connectivity index (χ2v) is 9.29. The molecule has 0 spiro atoms. The van der Waals surface area contributed by atoms with Crippen molar-refractivity contribution < 1.29 is 18.8 Å². The number of ether oxygens (including phenoxy) is 2. The molecular weight excluding hydrogens is 344 g/mol. The van der Waals surface area contributed by atoms with Crippen LogP contribution in [-0.2, 0) is 0 Å². The van der Waals surface area contributed by atoms with Crippen molar-refractivity contribution in [1.29, 1.82) is 0 Å². The van der Waals surface area contributed by atoms with Gasteiger partial charge in [-0.1, -0.05) is 25.9 Å². The van der Waals surface area contributed by atoms with Gasteiger partial charge in [0, 0.05) is 24.2 Å². The fraction of sp³-hybridized carbons (Fsp3) is 0.524. The van der Waals surface area contributed by atoms with Crippen LogP contribution >= 0.6 is 0 Å². The lowest BCUT2D eigenvalue weighted by Gasteiger charge is -2.39. The topological polar surface area (TPSA) is 64.8 Å². The number of fused-ring (bicyclic) bond motifs is 3. The molecule has 5 rings (SSSR count). The molecule has 6 heteroatoms. The second kappa shape index (κ2) is 5.50. The second-order valence-electron chi connectivity index (χ2n) is 9.29. The lowest BCUT2D eigenvalue weighted by atomic mass is 9.65. The third-order valence-electron chi connectivity index (χ3n) is 6.06. The molecule has 2 fully saturated rings. The Morgan fingerprint density at radius 3 is 2.81 bits per heavy atom. The summed E-state index contributed by atoms with van der Waals surface area (Å²) >= 11 is 0. The average Bonchev–Trinajstić information content (AvgIpc) is 3.29. The van der Waals surface area contributed by atoms with Crippen molar-refractivity contribution in [3.63, 3.8) is 0 Å². The van der Waals surface area contributed by atoms with Crippen LogP contribution in [0.25, 0.3) is 11.3 Å². The summed E-state index contributed by atoms with van der Waals surface area (Å²) in [6.07, 6.45) is 3.28. The van der Waals surface area contributed by atoms with E-state index in [2.05, 4.69) is 25.9 Å². The van der Waals surface area contributed by atoms with E-state index in [0.29, 0.717) is 17.2 Å². The zero-order chi connectivity index (χ0) is 18.8. The fourth-order valence-electron chi connectivity index (χ4n) is 5.41. The van der Waals surface area contributed by atoms with Crippen LogP contribution in [0.4, 0.5) is 0 Å². The Morgan fingerprint density at radius 2 is 1.96 bits per heavy atom. The predicted octanol–water partition coefficient (Wildman–Crippen LogP) is 4.11. The standard InChI is InChI=1S/C21H24N2O4/c1-20(2)8-14-9-21(3,10-20)11-23(14)19(24)15-7-17(27-22-15)13-4-5-16-18(6-13)26-12-25-16/h4-7,14H,8-12H2,1-3H3/t14-,21+/m1/s1. The van der Waals surface area contributed by atoms with E-state index in [4.69, 9.17) is 14.0 Å². The number of carbonyl (C=O) groups excluding carboxylic acids is 1. The minimum atomic E-state index is -0.0304. The summed E-state index contributed by atoms with van der Waals surface area (Å²) in [6, 6.07) is 7.60. The molecular formula is C21H24N2O4. The van der Waals surface area contributed by atoms with Gasteiger partial charge in [-0.05, 0) is 48.3 Å². The number of rotatable bonds is 2. The number of amides is 1. The molecule has 2 bridgehead atoms. The number of nitrogens with zero attached hydrogens (tertiary/aromatic N) is 2. The Labute approximate surface area is 158 Å². The Morgan fingerprint density at radius 1 is 1.15 bits per heavy atom. The van der Waals surface area contributed by atoms with E-state index in [9.17, 15) is 4.79 Å². The van der Waals surface area contributed by atoms with E-state index in [1.54, 1.807) is 6.07 Å². The highest BCUT2D eigenvalue weighted by molar-refractivity contribution is 5.93. The van der Waals surface area contributed by atoms with Crippen LogP contribution in [0.15, 0.2) is 28.8 Å². The molecule has 142 valence electrons. The quantitative estimate of drug-likeness (QED) is 0.798. The largest absolute Gasteiger partial charge is 0.454 e. The van der Waals surface area contributed by atoms with Crippen molar-refractivity contribution in [3.05, 3.63) is 30.0 Å².